The molecule has 0 saturated heterocycles. The minimum absolute atomic E-state index is 0.398. The van der Waals surface area contributed by atoms with E-state index in [0.717, 1.165) is 20.6 Å². The standard InChI is InChI=1S/C10H8Cl2N2S/c1-6-4-7(5-11)14-10(13-6)8-2-3-9(12)15-8/h2-4H,5H2,1H3. The van der Waals surface area contributed by atoms with Crippen molar-refractivity contribution in [3.05, 3.63) is 33.9 Å². The van der Waals surface area contributed by atoms with Gasteiger partial charge >= 0.3 is 0 Å². The molecule has 5 heteroatoms. The van der Waals surface area contributed by atoms with Gasteiger partial charge in [-0.2, -0.15) is 0 Å². The maximum atomic E-state index is 5.86. The topological polar surface area (TPSA) is 25.8 Å². The molecule has 0 aliphatic carbocycles. The predicted molar refractivity (Wildman–Crippen MR) is 64.6 cm³/mol. The van der Waals surface area contributed by atoms with Crippen LogP contribution in [0.15, 0.2) is 18.2 Å². The van der Waals surface area contributed by atoms with E-state index in [0.29, 0.717) is 11.7 Å². The van der Waals surface area contributed by atoms with Crippen LogP contribution in [0.1, 0.15) is 11.4 Å². The van der Waals surface area contributed by atoms with Crippen LogP contribution in [0.4, 0.5) is 0 Å². The fraction of sp³-hybridized carbons (Fsp3) is 0.200. The fourth-order valence-corrected chi connectivity index (χ4v) is 2.36. The summed E-state index contributed by atoms with van der Waals surface area (Å²) in [5, 5.41) is 0. The van der Waals surface area contributed by atoms with Crippen molar-refractivity contribution in [1.29, 1.82) is 0 Å². The summed E-state index contributed by atoms with van der Waals surface area (Å²) in [4.78, 5) is 9.66. The molecule has 2 nitrogen and oxygen atoms in total. The average molecular weight is 259 g/mol. The van der Waals surface area contributed by atoms with Crippen LogP contribution in [0, 0.1) is 6.92 Å². The van der Waals surface area contributed by atoms with E-state index in [1.807, 2.05) is 25.1 Å². The zero-order valence-corrected chi connectivity index (χ0v) is 10.3. The molecule has 0 spiro atoms. The highest BCUT2D eigenvalue weighted by Gasteiger charge is 2.06. The number of rotatable bonds is 2. The lowest BCUT2D eigenvalue weighted by Crippen LogP contribution is -1.94. The molecular weight excluding hydrogens is 251 g/mol. The Balaban J connectivity index is 2.48. The second kappa shape index (κ2) is 4.47. The molecule has 0 N–H and O–H groups in total. The number of hydrogen-bond acceptors (Lipinski definition) is 3. The first-order valence-corrected chi connectivity index (χ1v) is 6.08. The minimum Gasteiger partial charge on any atom is -0.233 e. The summed E-state index contributed by atoms with van der Waals surface area (Å²) in [5.74, 6) is 1.10. The van der Waals surface area contributed by atoms with Crippen LogP contribution < -0.4 is 0 Å². The predicted octanol–water partition coefficient (Wildman–Crippen LogP) is 3.91. The Kier molecular flexibility index (Phi) is 3.24. The third kappa shape index (κ3) is 2.48. The molecule has 0 aliphatic rings. The Morgan fingerprint density at radius 2 is 2.13 bits per heavy atom. The summed E-state index contributed by atoms with van der Waals surface area (Å²) in [5.41, 5.74) is 1.75. The van der Waals surface area contributed by atoms with Gasteiger partial charge in [-0.15, -0.1) is 22.9 Å². The molecule has 0 bridgehead atoms. The summed E-state index contributed by atoms with van der Waals surface area (Å²) in [6, 6.07) is 5.64. The smallest absolute Gasteiger partial charge is 0.169 e. The molecule has 15 heavy (non-hydrogen) atoms. The number of aromatic nitrogens is 2. The molecule has 0 amide bonds. The van der Waals surface area contributed by atoms with Crippen molar-refractivity contribution >= 4 is 34.5 Å². The van der Waals surface area contributed by atoms with Crippen LogP contribution in [0.3, 0.4) is 0 Å². The molecule has 78 valence electrons. The highest BCUT2D eigenvalue weighted by Crippen LogP contribution is 2.28. The molecule has 0 aromatic carbocycles. The van der Waals surface area contributed by atoms with Crippen molar-refractivity contribution in [3.63, 3.8) is 0 Å². The zero-order chi connectivity index (χ0) is 10.8. The van der Waals surface area contributed by atoms with Crippen molar-refractivity contribution in [2.45, 2.75) is 12.8 Å². The normalized spacial score (nSPS) is 10.6. The average Bonchev–Trinajstić information content (AvgIpc) is 2.64. The van der Waals surface area contributed by atoms with Gasteiger partial charge in [0, 0.05) is 5.69 Å². The second-order valence-electron chi connectivity index (χ2n) is 3.06. The number of nitrogens with zero attached hydrogens (tertiary/aromatic N) is 2. The quantitative estimate of drug-likeness (QED) is 0.764. The first-order chi connectivity index (χ1) is 7.19. The Bertz CT molecular complexity index is 482. The van der Waals surface area contributed by atoms with Crippen LogP contribution in [-0.2, 0) is 5.88 Å². The van der Waals surface area contributed by atoms with E-state index in [9.17, 15) is 0 Å². The molecule has 2 rings (SSSR count). The van der Waals surface area contributed by atoms with Gasteiger partial charge in [0.2, 0.25) is 0 Å². The van der Waals surface area contributed by atoms with Crippen molar-refractivity contribution in [1.82, 2.24) is 9.97 Å². The summed E-state index contributed by atoms with van der Waals surface area (Å²) in [6.07, 6.45) is 0. The maximum Gasteiger partial charge on any atom is 0.169 e. The summed E-state index contributed by atoms with van der Waals surface area (Å²) in [6.45, 7) is 1.93. The zero-order valence-electron chi connectivity index (χ0n) is 8.00. The van der Waals surface area contributed by atoms with Crippen molar-refractivity contribution in [2.75, 3.05) is 0 Å². The third-order valence-electron chi connectivity index (χ3n) is 1.84. The van der Waals surface area contributed by atoms with Gasteiger partial charge in [-0.3, -0.25) is 0 Å². The number of hydrogen-bond donors (Lipinski definition) is 0. The van der Waals surface area contributed by atoms with E-state index in [4.69, 9.17) is 23.2 Å². The maximum absolute atomic E-state index is 5.86. The van der Waals surface area contributed by atoms with Crippen LogP contribution in [-0.4, -0.2) is 9.97 Å². The molecular formula is C10H8Cl2N2S. The van der Waals surface area contributed by atoms with E-state index < -0.39 is 0 Å². The molecule has 0 saturated carbocycles. The SMILES string of the molecule is Cc1cc(CCl)nc(-c2ccc(Cl)s2)n1. The van der Waals surface area contributed by atoms with Gasteiger partial charge in [0.05, 0.1) is 20.8 Å². The first-order valence-electron chi connectivity index (χ1n) is 4.35. The van der Waals surface area contributed by atoms with E-state index in [1.165, 1.54) is 11.3 Å². The fourth-order valence-electron chi connectivity index (χ4n) is 1.25. The lowest BCUT2D eigenvalue weighted by atomic mass is 10.3. The van der Waals surface area contributed by atoms with Gasteiger partial charge in [-0.05, 0) is 25.1 Å². The van der Waals surface area contributed by atoms with Gasteiger partial charge in [0.25, 0.3) is 0 Å². The third-order valence-corrected chi connectivity index (χ3v) is 3.34. The molecule has 2 heterocycles. The van der Waals surface area contributed by atoms with E-state index in [1.54, 1.807) is 0 Å². The first kappa shape index (κ1) is 10.9. The van der Waals surface area contributed by atoms with Gasteiger partial charge < -0.3 is 0 Å². The molecule has 2 aromatic rings. The molecule has 0 fully saturated rings. The van der Waals surface area contributed by atoms with Crippen molar-refractivity contribution in [3.8, 4) is 10.7 Å². The Hall–Kier alpha value is -0.640. The lowest BCUT2D eigenvalue weighted by molar-refractivity contribution is 1.06. The van der Waals surface area contributed by atoms with Crippen molar-refractivity contribution < 1.29 is 0 Å². The molecule has 2 aromatic heterocycles. The van der Waals surface area contributed by atoms with Crippen molar-refractivity contribution in [2.24, 2.45) is 0 Å². The van der Waals surface area contributed by atoms with Gasteiger partial charge in [-0.1, -0.05) is 11.6 Å². The van der Waals surface area contributed by atoms with Crippen LogP contribution in [0.2, 0.25) is 4.34 Å². The molecule has 0 atom stereocenters. The number of thiophene rings is 1. The number of aryl methyl sites for hydroxylation is 1. The Morgan fingerprint density at radius 1 is 1.33 bits per heavy atom. The highest BCUT2D eigenvalue weighted by molar-refractivity contribution is 7.19. The highest BCUT2D eigenvalue weighted by atomic mass is 35.5. The number of halogens is 2. The summed E-state index contributed by atoms with van der Waals surface area (Å²) in [7, 11) is 0. The van der Waals surface area contributed by atoms with Gasteiger partial charge in [0.15, 0.2) is 5.82 Å². The van der Waals surface area contributed by atoms with Gasteiger partial charge in [0.1, 0.15) is 0 Å². The number of alkyl halides is 1. The molecule has 0 radical (unpaired) electrons. The van der Waals surface area contributed by atoms with E-state index >= 15 is 0 Å². The van der Waals surface area contributed by atoms with Crippen LogP contribution in [0.5, 0.6) is 0 Å². The van der Waals surface area contributed by atoms with E-state index in [-0.39, 0.29) is 0 Å². The minimum atomic E-state index is 0.398. The largest absolute Gasteiger partial charge is 0.233 e. The van der Waals surface area contributed by atoms with Gasteiger partial charge in [-0.25, -0.2) is 9.97 Å². The monoisotopic (exact) mass is 258 g/mol. The van der Waals surface area contributed by atoms with Crippen LogP contribution in [0.25, 0.3) is 10.7 Å². The molecule has 0 unspecified atom stereocenters. The van der Waals surface area contributed by atoms with E-state index in [2.05, 4.69) is 9.97 Å². The molecule has 0 aliphatic heterocycles. The Morgan fingerprint density at radius 3 is 2.73 bits per heavy atom. The second-order valence-corrected chi connectivity index (χ2v) is 5.04. The Labute approximate surface area is 102 Å². The van der Waals surface area contributed by atoms with Crippen LogP contribution >= 0.6 is 34.5 Å². The lowest BCUT2D eigenvalue weighted by Gasteiger charge is -2.01. The summed E-state index contributed by atoms with van der Waals surface area (Å²) < 4.78 is 0.738. The summed E-state index contributed by atoms with van der Waals surface area (Å²) >= 11 is 13.1.